The zero-order chi connectivity index (χ0) is 11.7. The van der Waals surface area contributed by atoms with Crippen LogP contribution in [0.4, 0.5) is 0 Å². The summed E-state index contributed by atoms with van der Waals surface area (Å²) in [6.45, 7) is 3.16. The van der Waals surface area contributed by atoms with Crippen LogP contribution in [0.25, 0.3) is 9.40 Å². The van der Waals surface area contributed by atoms with Gasteiger partial charge in [0.25, 0.3) is 5.91 Å². The summed E-state index contributed by atoms with van der Waals surface area (Å²) in [4.78, 5) is 23.5. The number of ketones is 1. The number of nitrogens with one attached hydrogen (secondary N) is 1. The molecule has 2 aromatic heterocycles. The lowest BCUT2D eigenvalue weighted by atomic mass is 10.2. The molecule has 1 unspecified atom stereocenters. The molecule has 2 aromatic rings. The van der Waals surface area contributed by atoms with E-state index in [9.17, 15) is 9.59 Å². The Morgan fingerprint density at radius 2 is 2.12 bits per heavy atom. The van der Waals surface area contributed by atoms with E-state index in [1.54, 1.807) is 18.3 Å². The van der Waals surface area contributed by atoms with Gasteiger partial charge in [-0.2, -0.15) is 0 Å². The van der Waals surface area contributed by atoms with Crippen molar-refractivity contribution in [2.45, 2.75) is 19.9 Å². The third-order valence-electron chi connectivity index (χ3n) is 2.32. The molecule has 3 nitrogen and oxygen atoms in total. The lowest BCUT2D eigenvalue weighted by Gasteiger charge is -2.08. The Morgan fingerprint density at radius 3 is 2.75 bits per heavy atom. The molecule has 2 heterocycles. The van der Waals surface area contributed by atoms with Gasteiger partial charge >= 0.3 is 0 Å². The predicted octanol–water partition coefficient (Wildman–Crippen LogP) is 2.67. The first-order valence-electron chi connectivity index (χ1n) is 4.86. The first-order valence-corrected chi connectivity index (χ1v) is 6.56. The topological polar surface area (TPSA) is 46.2 Å². The van der Waals surface area contributed by atoms with Crippen molar-refractivity contribution in [3.8, 4) is 0 Å². The molecule has 84 valence electrons. The van der Waals surface area contributed by atoms with Crippen LogP contribution in [0.2, 0.25) is 0 Å². The van der Waals surface area contributed by atoms with E-state index < -0.39 is 6.04 Å². The van der Waals surface area contributed by atoms with E-state index in [4.69, 9.17) is 0 Å². The Bertz CT molecular complexity index is 512. The SMILES string of the molecule is CC(=O)C(C)NC(=O)c1cc2sccc2s1. The number of carbonyl (C=O) groups excluding carboxylic acids is 2. The molecule has 0 aliphatic heterocycles. The number of thiophene rings is 2. The fourth-order valence-corrected chi connectivity index (χ4v) is 3.26. The highest BCUT2D eigenvalue weighted by Crippen LogP contribution is 2.29. The standard InChI is InChI=1S/C11H11NO2S2/c1-6(7(2)13)12-11(14)10-5-9-8(16-10)3-4-15-9/h3-6H,1-2H3,(H,12,14). The molecule has 0 spiro atoms. The van der Waals surface area contributed by atoms with Gasteiger partial charge in [-0.15, -0.1) is 22.7 Å². The number of carbonyl (C=O) groups is 2. The van der Waals surface area contributed by atoms with Crippen LogP contribution in [0.15, 0.2) is 17.5 Å². The van der Waals surface area contributed by atoms with Gasteiger partial charge in [-0.05, 0) is 31.4 Å². The molecule has 1 atom stereocenters. The highest BCUT2D eigenvalue weighted by molar-refractivity contribution is 7.27. The first kappa shape index (κ1) is 11.3. The third kappa shape index (κ3) is 2.15. The van der Waals surface area contributed by atoms with Crippen molar-refractivity contribution in [1.82, 2.24) is 5.32 Å². The minimum absolute atomic E-state index is 0.0354. The minimum Gasteiger partial charge on any atom is -0.342 e. The maximum atomic E-state index is 11.8. The molecule has 5 heteroatoms. The van der Waals surface area contributed by atoms with Crippen LogP contribution < -0.4 is 5.32 Å². The molecule has 0 saturated carbocycles. The minimum atomic E-state index is -0.423. The second kappa shape index (κ2) is 4.35. The molecule has 1 N–H and O–H groups in total. The maximum absolute atomic E-state index is 11.8. The summed E-state index contributed by atoms with van der Waals surface area (Å²) in [5.74, 6) is -0.206. The highest BCUT2D eigenvalue weighted by atomic mass is 32.1. The van der Waals surface area contributed by atoms with Gasteiger partial charge in [0.2, 0.25) is 0 Å². The van der Waals surface area contributed by atoms with Crippen LogP contribution in [0.1, 0.15) is 23.5 Å². The highest BCUT2D eigenvalue weighted by Gasteiger charge is 2.15. The van der Waals surface area contributed by atoms with Crippen LogP contribution in [-0.2, 0) is 4.79 Å². The van der Waals surface area contributed by atoms with Crippen LogP contribution in [0, 0.1) is 0 Å². The van der Waals surface area contributed by atoms with Gasteiger partial charge < -0.3 is 5.32 Å². The Balaban J connectivity index is 2.16. The number of hydrogen-bond acceptors (Lipinski definition) is 4. The van der Waals surface area contributed by atoms with E-state index >= 15 is 0 Å². The summed E-state index contributed by atoms with van der Waals surface area (Å²) in [6.07, 6.45) is 0. The number of amides is 1. The van der Waals surface area contributed by atoms with Crippen molar-refractivity contribution in [2.24, 2.45) is 0 Å². The fraction of sp³-hybridized carbons (Fsp3) is 0.273. The van der Waals surface area contributed by atoms with Gasteiger partial charge in [0.15, 0.2) is 5.78 Å². The lowest BCUT2D eigenvalue weighted by molar-refractivity contribution is -0.118. The van der Waals surface area contributed by atoms with E-state index in [-0.39, 0.29) is 11.7 Å². The second-order valence-electron chi connectivity index (χ2n) is 3.57. The molecule has 2 rings (SSSR count). The van der Waals surface area contributed by atoms with Crippen LogP contribution >= 0.6 is 22.7 Å². The zero-order valence-electron chi connectivity index (χ0n) is 8.94. The third-order valence-corrected chi connectivity index (χ3v) is 4.41. The molecule has 1 amide bonds. The summed E-state index contributed by atoms with van der Waals surface area (Å²) < 4.78 is 2.23. The molecule has 0 aliphatic carbocycles. The van der Waals surface area contributed by atoms with Gasteiger partial charge in [0.05, 0.1) is 10.9 Å². The van der Waals surface area contributed by atoms with Gasteiger partial charge in [0, 0.05) is 9.40 Å². The predicted molar refractivity (Wildman–Crippen MR) is 67.3 cm³/mol. The van der Waals surface area contributed by atoms with Gasteiger partial charge in [-0.3, -0.25) is 9.59 Å². The Kier molecular flexibility index (Phi) is 3.07. The zero-order valence-corrected chi connectivity index (χ0v) is 10.6. The van der Waals surface area contributed by atoms with Crippen molar-refractivity contribution in [2.75, 3.05) is 0 Å². The van der Waals surface area contributed by atoms with Crippen molar-refractivity contribution < 1.29 is 9.59 Å². The quantitative estimate of drug-likeness (QED) is 0.914. The van der Waals surface area contributed by atoms with Crippen molar-refractivity contribution in [3.05, 3.63) is 22.4 Å². The van der Waals surface area contributed by atoms with Crippen LogP contribution in [0.5, 0.6) is 0 Å². The van der Waals surface area contributed by atoms with E-state index in [1.165, 1.54) is 18.3 Å². The van der Waals surface area contributed by atoms with Crippen molar-refractivity contribution >= 4 is 43.8 Å². The van der Waals surface area contributed by atoms with Gasteiger partial charge in [-0.25, -0.2) is 0 Å². The number of Topliss-reactive ketones (excluding diaryl/α,β-unsaturated/α-hetero) is 1. The molecular formula is C11H11NO2S2. The van der Waals surface area contributed by atoms with E-state index in [0.717, 1.165) is 9.40 Å². The van der Waals surface area contributed by atoms with Gasteiger partial charge in [-0.1, -0.05) is 0 Å². The molecule has 0 aliphatic rings. The average Bonchev–Trinajstić information content (AvgIpc) is 2.75. The molecule has 0 radical (unpaired) electrons. The van der Waals surface area contributed by atoms with Crippen molar-refractivity contribution in [1.29, 1.82) is 0 Å². The van der Waals surface area contributed by atoms with Crippen LogP contribution in [-0.4, -0.2) is 17.7 Å². The largest absolute Gasteiger partial charge is 0.342 e. The number of hydrogen-bond donors (Lipinski definition) is 1. The number of fused-ring (bicyclic) bond motifs is 1. The number of rotatable bonds is 3. The first-order chi connectivity index (χ1) is 7.58. The summed E-state index contributed by atoms with van der Waals surface area (Å²) >= 11 is 3.07. The van der Waals surface area contributed by atoms with E-state index in [1.807, 2.05) is 17.5 Å². The monoisotopic (exact) mass is 253 g/mol. The molecule has 0 bridgehead atoms. The van der Waals surface area contributed by atoms with Crippen LogP contribution in [0.3, 0.4) is 0 Å². The molecule has 0 aromatic carbocycles. The lowest BCUT2D eigenvalue weighted by Crippen LogP contribution is -2.36. The van der Waals surface area contributed by atoms with Gasteiger partial charge in [0.1, 0.15) is 0 Å². The molecular weight excluding hydrogens is 242 g/mol. The summed E-state index contributed by atoms with van der Waals surface area (Å²) in [6, 6.07) is 3.44. The summed E-state index contributed by atoms with van der Waals surface area (Å²) in [5, 5.41) is 4.67. The fourth-order valence-electron chi connectivity index (χ4n) is 1.25. The van der Waals surface area contributed by atoms with Crippen molar-refractivity contribution in [3.63, 3.8) is 0 Å². The maximum Gasteiger partial charge on any atom is 0.261 e. The van der Waals surface area contributed by atoms with E-state index in [0.29, 0.717) is 4.88 Å². The average molecular weight is 253 g/mol. The normalized spacial score (nSPS) is 12.6. The second-order valence-corrected chi connectivity index (χ2v) is 5.60. The Hall–Kier alpha value is -1.20. The molecule has 16 heavy (non-hydrogen) atoms. The summed E-state index contributed by atoms with van der Waals surface area (Å²) in [5.41, 5.74) is 0. The molecule has 0 fully saturated rings. The van der Waals surface area contributed by atoms with E-state index in [2.05, 4.69) is 5.32 Å². The molecule has 0 saturated heterocycles. The smallest absolute Gasteiger partial charge is 0.261 e. The summed E-state index contributed by atoms with van der Waals surface area (Å²) in [7, 11) is 0. The Labute approximate surface area is 101 Å². The Morgan fingerprint density at radius 1 is 1.38 bits per heavy atom.